The topological polar surface area (TPSA) is 0 Å². The monoisotopic (exact) mass is 436 g/mol. The molecule has 0 amide bonds. The van der Waals surface area contributed by atoms with Gasteiger partial charge in [-0.05, 0) is 122 Å². The fraction of sp³-hybridized carbons (Fsp3) is 0.875. The average molecular weight is 437 g/mol. The van der Waals surface area contributed by atoms with Crippen molar-refractivity contribution in [3.63, 3.8) is 0 Å². The summed E-state index contributed by atoms with van der Waals surface area (Å²) in [6.07, 6.45) is 11.3. The van der Waals surface area contributed by atoms with Gasteiger partial charge in [0.05, 0.1) is 0 Å². The van der Waals surface area contributed by atoms with E-state index in [9.17, 15) is 0 Å². The SMILES string of the molecule is CC1=CC(C(C)(C)C(C)(C)C2CC3C(C)(C)C34CCC24C)CC(C)C2CC(=C(C)C)CC12. The van der Waals surface area contributed by atoms with Gasteiger partial charge in [0.25, 0.3) is 0 Å². The van der Waals surface area contributed by atoms with E-state index in [1.807, 2.05) is 0 Å². The van der Waals surface area contributed by atoms with Crippen LogP contribution in [0.2, 0.25) is 0 Å². The summed E-state index contributed by atoms with van der Waals surface area (Å²) in [6, 6.07) is 0. The van der Waals surface area contributed by atoms with Crippen LogP contribution in [-0.4, -0.2) is 0 Å². The molecule has 8 unspecified atom stereocenters. The molecule has 0 aliphatic heterocycles. The van der Waals surface area contributed by atoms with Gasteiger partial charge in [-0.3, -0.25) is 0 Å². The van der Waals surface area contributed by atoms with Crippen molar-refractivity contribution in [1.29, 1.82) is 0 Å². The number of hydrogen-bond donors (Lipinski definition) is 0. The summed E-state index contributed by atoms with van der Waals surface area (Å²) >= 11 is 0. The first-order valence-corrected chi connectivity index (χ1v) is 14.0. The summed E-state index contributed by atoms with van der Waals surface area (Å²) in [5, 5.41) is 0. The molecule has 32 heavy (non-hydrogen) atoms. The van der Waals surface area contributed by atoms with Gasteiger partial charge in [0.15, 0.2) is 0 Å². The molecule has 4 saturated carbocycles. The maximum Gasteiger partial charge on any atom is -0.0135 e. The smallest absolute Gasteiger partial charge is 0.0135 e. The molecule has 0 bridgehead atoms. The molecule has 0 saturated heterocycles. The lowest BCUT2D eigenvalue weighted by molar-refractivity contribution is -0.124. The zero-order chi connectivity index (χ0) is 23.6. The largest absolute Gasteiger partial charge is 0.0816 e. The molecule has 0 radical (unpaired) electrons. The number of allylic oxidation sites excluding steroid dienone is 4. The Morgan fingerprint density at radius 3 is 2.12 bits per heavy atom. The Balaban J connectivity index is 1.44. The Bertz CT molecular complexity index is 874. The van der Waals surface area contributed by atoms with E-state index in [0.29, 0.717) is 33.0 Å². The van der Waals surface area contributed by atoms with Crippen molar-refractivity contribution >= 4 is 0 Å². The molecule has 0 nitrogen and oxygen atoms in total. The van der Waals surface area contributed by atoms with E-state index in [0.717, 1.165) is 29.6 Å². The molecule has 5 rings (SSSR count). The Morgan fingerprint density at radius 2 is 1.59 bits per heavy atom. The van der Waals surface area contributed by atoms with Gasteiger partial charge in [0, 0.05) is 0 Å². The average Bonchev–Trinajstić information content (AvgIpc) is 2.96. The third-order valence-corrected chi connectivity index (χ3v) is 13.9. The first-order valence-electron chi connectivity index (χ1n) is 14.0. The highest BCUT2D eigenvalue weighted by molar-refractivity contribution is 5.35. The van der Waals surface area contributed by atoms with Gasteiger partial charge in [0.1, 0.15) is 0 Å². The van der Waals surface area contributed by atoms with E-state index in [-0.39, 0.29) is 0 Å². The Morgan fingerprint density at radius 1 is 0.938 bits per heavy atom. The molecular weight excluding hydrogens is 384 g/mol. The van der Waals surface area contributed by atoms with Crippen molar-refractivity contribution in [3.8, 4) is 0 Å². The molecule has 1 spiro atoms. The van der Waals surface area contributed by atoms with Gasteiger partial charge in [-0.2, -0.15) is 0 Å². The van der Waals surface area contributed by atoms with Gasteiger partial charge >= 0.3 is 0 Å². The minimum atomic E-state index is 0.325. The van der Waals surface area contributed by atoms with E-state index in [4.69, 9.17) is 0 Å². The first kappa shape index (κ1) is 23.2. The van der Waals surface area contributed by atoms with E-state index >= 15 is 0 Å². The van der Waals surface area contributed by atoms with Crippen LogP contribution in [-0.2, 0) is 0 Å². The number of rotatable bonds is 3. The second kappa shape index (κ2) is 6.57. The van der Waals surface area contributed by atoms with Crippen molar-refractivity contribution in [3.05, 3.63) is 22.8 Å². The summed E-state index contributed by atoms with van der Waals surface area (Å²) < 4.78 is 0. The summed E-state index contributed by atoms with van der Waals surface area (Å²) in [5.74, 6) is 5.06. The minimum Gasteiger partial charge on any atom is -0.0816 e. The van der Waals surface area contributed by atoms with Gasteiger partial charge in [-0.25, -0.2) is 0 Å². The molecule has 0 heterocycles. The van der Waals surface area contributed by atoms with Gasteiger partial charge in [-0.15, -0.1) is 0 Å². The summed E-state index contributed by atoms with van der Waals surface area (Å²) in [5.41, 5.74) is 7.60. The standard InChI is InChI=1S/C32H52/c1-19(2)22-16-24-20(3)14-23(15-21(4)25(24)17-22)28(5,6)29(7,8)26-18-27-30(9,10)32(27)13-12-31(26,32)11/h14,21,23-27H,12-13,15-18H2,1-11H3. The lowest BCUT2D eigenvalue weighted by Gasteiger charge is -2.61. The summed E-state index contributed by atoms with van der Waals surface area (Å²) in [7, 11) is 0. The first-order chi connectivity index (χ1) is 14.6. The predicted molar refractivity (Wildman–Crippen MR) is 138 cm³/mol. The minimum absolute atomic E-state index is 0.325. The van der Waals surface area contributed by atoms with Gasteiger partial charge in [-0.1, -0.05) is 78.2 Å². The van der Waals surface area contributed by atoms with Crippen molar-refractivity contribution < 1.29 is 0 Å². The highest BCUT2D eigenvalue weighted by atomic mass is 14.9. The maximum atomic E-state index is 2.79. The zero-order valence-corrected chi connectivity index (χ0v) is 23.3. The lowest BCUT2D eigenvalue weighted by atomic mass is 9.43. The van der Waals surface area contributed by atoms with Crippen LogP contribution in [0.4, 0.5) is 0 Å². The molecule has 0 aromatic carbocycles. The molecule has 4 fully saturated rings. The van der Waals surface area contributed by atoms with E-state index < -0.39 is 0 Å². The van der Waals surface area contributed by atoms with E-state index in [1.165, 1.54) is 38.5 Å². The van der Waals surface area contributed by atoms with Gasteiger partial charge < -0.3 is 0 Å². The van der Waals surface area contributed by atoms with Crippen LogP contribution in [0.5, 0.6) is 0 Å². The molecule has 0 aromatic rings. The van der Waals surface area contributed by atoms with Crippen molar-refractivity contribution in [2.75, 3.05) is 0 Å². The van der Waals surface area contributed by atoms with Crippen LogP contribution in [0.1, 0.15) is 115 Å². The van der Waals surface area contributed by atoms with Crippen LogP contribution in [0.3, 0.4) is 0 Å². The molecule has 5 aliphatic rings. The quantitative estimate of drug-likeness (QED) is 0.386. The molecule has 0 N–H and O–H groups in total. The number of hydrogen-bond acceptors (Lipinski definition) is 0. The van der Waals surface area contributed by atoms with Crippen LogP contribution >= 0.6 is 0 Å². The molecule has 5 aliphatic carbocycles. The fourth-order valence-corrected chi connectivity index (χ4v) is 10.9. The number of fused-ring (bicyclic) bond motifs is 1. The normalized spacial score (nSPS) is 47.1. The summed E-state index contributed by atoms with van der Waals surface area (Å²) in [4.78, 5) is 0. The molecule has 0 aromatic heterocycles. The predicted octanol–water partition coefficient (Wildman–Crippen LogP) is 9.47. The zero-order valence-electron chi connectivity index (χ0n) is 23.3. The van der Waals surface area contributed by atoms with Crippen LogP contribution in [0, 0.1) is 62.6 Å². The van der Waals surface area contributed by atoms with Crippen molar-refractivity contribution in [2.24, 2.45) is 62.6 Å². The molecule has 0 heteroatoms. The van der Waals surface area contributed by atoms with Crippen molar-refractivity contribution in [1.82, 2.24) is 0 Å². The summed E-state index contributed by atoms with van der Waals surface area (Å²) in [6.45, 7) is 28.3. The van der Waals surface area contributed by atoms with E-state index in [1.54, 1.807) is 16.7 Å². The highest BCUT2D eigenvalue weighted by Gasteiger charge is 2.87. The van der Waals surface area contributed by atoms with Crippen molar-refractivity contribution in [2.45, 2.75) is 115 Å². The van der Waals surface area contributed by atoms with Crippen LogP contribution in [0.25, 0.3) is 0 Å². The molecular formula is C32H52. The van der Waals surface area contributed by atoms with Gasteiger partial charge in [0.2, 0.25) is 0 Å². The Hall–Kier alpha value is -0.520. The second-order valence-electron chi connectivity index (χ2n) is 15.4. The third kappa shape index (κ3) is 2.52. The molecule has 180 valence electrons. The fourth-order valence-electron chi connectivity index (χ4n) is 10.9. The van der Waals surface area contributed by atoms with E-state index in [2.05, 4.69) is 82.2 Å². The van der Waals surface area contributed by atoms with Crippen LogP contribution < -0.4 is 0 Å². The third-order valence-electron chi connectivity index (χ3n) is 13.9. The Kier molecular flexibility index (Phi) is 4.77. The van der Waals surface area contributed by atoms with Crippen LogP contribution in [0.15, 0.2) is 22.8 Å². The highest BCUT2D eigenvalue weighted by Crippen LogP contribution is 2.93. The molecule has 8 atom stereocenters. The Labute approximate surface area is 200 Å². The maximum absolute atomic E-state index is 2.79. The second-order valence-corrected chi connectivity index (χ2v) is 15.4. The lowest BCUT2D eigenvalue weighted by Crippen LogP contribution is -2.54.